The molecule has 0 spiro atoms. The van der Waals surface area contributed by atoms with Crippen LogP contribution in [-0.2, 0) is 0 Å². The van der Waals surface area contributed by atoms with Crippen LogP contribution in [0.4, 0.5) is 0 Å². The lowest BCUT2D eigenvalue weighted by Gasteiger charge is -2.30. The van der Waals surface area contributed by atoms with Gasteiger partial charge in [0.2, 0.25) is 0 Å². The predicted octanol–water partition coefficient (Wildman–Crippen LogP) is 3.51. The highest BCUT2D eigenvalue weighted by Gasteiger charge is 2.26. The number of nitrogens with one attached hydrogen (secondary N) is 1. The second-order valence-corrected chi connectivity index (χ2v) is 6.43. The molecule has 2 atom stereocenters. The van der Waals surface area contributed by atoms with Crippen LogP contribution in [0, 0.1) is 0 Å². The molecule has 1 aliphatic rings. The van der Waals surface area contributed by atoms with Gasteiger partial charge in [0.1, 0.15) is 5.75 Å². The fraction of sp³-hybridized carbons (Fsp3) is 0.467. The zero-order chi connectivity index (χ0) is 16.4. The molecule has 0 aliphatic carbocycles. The first-order valence-corrected chi connectivity index (χ1v) is 8.15. The average Bonchev–Trinajstić information content (AvgIpc) is 2.96. The zero-order valence-electron chi connectivity index (χ0n) is 13.3. The first-order chi connectivity index (χ1) is 11.0. The van der Waals surface area contributed by atoms with Crippen molar-refractivity contribution in [2.45, 2.75) is 19.1 Å². The van der Waals surface area contributed by atoms with Gasteiger partial charge in [-0.15, -0.1) is 12.4 Å². The van der Waals surface area contributed by atoms with Gasteiger partial charge in [0.25, 0.3) is 5.89 Å². The second kappa shape index (κ2) is 8.36. The molecule has 1 aromatic carbocycles. The highest BCUT2D eigenvalue weighted by Crippen LogP contribution is 2.28. The van der Waals surface area contributed by atoms with Crippen LogP contribution < -0.4 is 10.1 Å². The second-order valence-electron chi connectivity index (χ2n) is 5.56. The summed E-state index contributed by atoms with van der Waals surface area (Å²) in [6.07, 6.45) is -0.396. The molecule has 1 fully saturated rings. The average molecular weight is 394 g/mol. The monoisotopic (exact) mass is 392 g/mol. The Labute approximate surface area is 156 Å². The van der Waals surface area contributed by atoms with Crippen molar-refractivity contribution in [1.29, 1.82) is 0 Å². The zero-order valence-corrected chi connectivity index (χ0v) is 15.7. The van der Waals surface area contributed by atoms with E-state index in [2.05, 4.69) is 27.4 Å². The van der Waals surface area contributed by atoms with Crippen molar-refractivity contribution in [3.8, 4) is 5.75 Å². The Kier molecular flexibility index (Phi) is 6.71. The van der Waals surface area contributed by atoms with Crippen molar-refractivity contribution >= 4 is 35.6 Å². The first-order valence-electron chi connectivity index (χ1n) is 7.40. The van der Waals surface area contributed by atoms with E-state index in [1.54, 1.807) is 18.2 Å². The van der Waals surface area contributed by atoms with Gasteiger partial charge in [-0.3, -0.25) is 4.90 Å². The van der Waals surface area contributed by atoms with Gasteiger partial charge in [-0.05, 0) is 32.2 Å². The molecule has 0 amide bonds. The van der Waals surface area contributed by atoms with Crippen LogP contribution in [0.1, 0.15) is 30.8 Å². The van der Waals surface area contributed by atoms with Crippen molar-refractivity contribution in [3.05, 3.63) is 40.0 Å². The van der Waals surface area contributed by atoms with Gasteiger partial charge in [0, 0.05) is 29.7 Å². The normalized spacial score (nSPS) is 19.6. The highest BCUT2D eigenvalue weighted by atomic mass is 35.5. The van der Waals surface area contributed by atoms with Crippen molar-refractivity contribution in [2.75, 3.05) is 26.7 Å². The van der Waals surface area contributed by atoms with E-state index in [-0.39, 0.29) is 18.4 Å². The fourth-order valence-corrected chi connectivity index (χ4v) is 3.00. The van der Waals surface area contributed by atoms with Gasteiger partial charge < -0.3 is 14.6 Å². The molecule has 1 saturated heterocycles. The van der Waals surface area contributed by atoms with Crippen LogP contribution in [0.15, 0.2) is 22.7 Å². The van der Waals surface area contributed by atoms with Crippen molar-refractivity contribution in [1.82, 2.24) is 20.4 Å². The van der Waals surface area contributed by atoms with Gasteiger partial charge in [-0.25, -0.2) is 0 Å². The molecule has 2 unspecified atom stereocenters. The molecule has 1 N–H and O–H groups in total. The van der Waals surface area contributed by atoms with Gasteiger partial charge in [0.15, 0.2) is 11.9 Å². The standard InChI is InChI=1S/C15H18Cl2N4O2.ClH/c1-9(22-12-6-10(16)5-11(17)7-12)15-19-14(20-23-15)13-8-18-3-4-21(13)2;/h5-7,9,13,18H,3-4,8H2,1-2H3;1H. The Balaban J connectivity index is 0.00000208. The number of piperazine rings is 1. The van der Waals surface area contributed by atoms with Crippen LogP contribution in [0.3, 0.4) is 0 Å². The van der Waals surface area contributed by atoms with E-state index >= 15 is 0 Å². The maximum atomic E-state index is 5.97. The SMILES string of the molecule is CC(Oc1cc(Cl)cc(Cl)c1)c1nc(C2CNCCN2C)no1.Cl. The van der Waals surface area contributed by atoms with Crippen LogP contribution in [0.25, 0.3) is 0 Å². The lowest BCUT2D eigenvalue weighted by molar-refractivity contribution is 0.173. The summed E-state index contributed by atoms with van der Waals surface area (Å²) in [4.78, 5) is 6.68. The van der Waals surface area contributed by atoms with E-state index in [0.717, 1.165) is 19.6 Å². The van der Waals surface area contributed by atoms with Crippen LogP contribution in [0.5, 0.6) is 5.75 Å². The Hall–Kier alpha value is -1.05. The number of ether oxygens (including phenoxy) is 1. The Morgan fingerprint density at radius 3 is 2.71 bits per heavy atom. The highest BCUT2D eigenvalue weighted by molar-refractivity contribution is 6.34. The molecule has 1 aliphatic heterocycles. The van der Waals surface area contributed by atoms with Gasteiger partial charge >= 0.3 is 0 Å². The minimum Gasteiger partial charge on any atom is -0.481 e. The molecular formula is C15H19Cl3N4O2. The summed E-state index contributed by atoms with van der Waals surface area (Å²) >= 11 is 11.9. The van der Waals surface area contributed by atoms with Crippen LogP contribution >= 0.6 is 35.6 Å². The lowest BCUT2D eigenvalue weighted by atomic mass is 10.2. The minimum absolute atomic E-state index is 0. The number of aromatic nitrogens is 2. The quantitative estimate of drug-likeness (QED) is 0.857. The summed E-state index contributed by atoms with van der Waals surface area (Å²) in [5.41, 5.74) is 0. The molecule has 9 heteroatoms. The molecule has 0 radical (unpaired) electrons. The molecule has 0 bridgehead atoms. The van der Waals surface area contributed by atoms with E-state index in [0.29, 0.717) is 27.5 Å². The topological polar surface area (TPSA) is 63.4 Å². The summed E-state index contributed by atoms with van der Waals surface area (Å²) in [7, 11) is 2.05. The smallest absolute Gasteiger partial charge is 0.267 e. The Bertz CT molecular complexity index is 662. The molecule has 1 aromatic heterocycles. The van der Waals surface area contributed by atoms with Crippen molar-refractivity contribution in [2.24, 2.45) is 0 Å². The number of halogens is 3. The maximum absolute atomic E-state index is 5.97. The molecule has 2 aromatic rings. The van der Waals surface area contributed by atoms with E-state index in [4.69, 9.17) is 32.5 Å². The number of rotatable bonds is 4. The molecular weight excluding hydrogens is 375 g/mol. The number of hydrogen-bond donors (Lipinski definition) is 1. The predicted molar refractivity (Wildman–Crippen MR) is 95.3 cm³/mol. The molecule has 24 heavy (non-hydrogen) atoms. The van der Waals surface area contributed by atoms with Gasteiger partial charge in [0.05, 0.1) is 6.04 Å². The summed E-state index contributed by atoms with van der Waals surface area (Å²) < 4.78 is 11.1. The Morgan fingerprint density at radius 2 is 2.04 bits per heavy atom. The largest absolute Gasteiger partial charge is 0.481 e. The van der Waals surface area contributed by atoms with Crippen LogP contribution in [-0.4, -0.2) is 41.7 Å². The van der Waals surface area contributed by atoms with E-state index < -0.39 is 6.10 Å². The molecule has 132 valence electrons. The van der Waals surface area contributed by atoms with Crippen molar-refractivity contribution < 1.29 is 9.26 Å². The van der Waals surface area contributed by atoms with E-state index in [1.165, 1.54) is 0 Å². The fourth-order valence-electron chi connectivity index (χ4n) is 2.49. The molecule has 3 rings (SSSR count). The summed E-state index contributed by atoms with van der Waals surface area (Å²) in [5, 5.41) is 8.45. The number of nitrogens with zero attached hydrogens (tertiary/aromatic N) is 3. The summed E-state index contributed by atoms with van der Waals surface area (Å²) in [6, 6.07) is 5.14. The molecule has 2 heterocycles. The van der Waals surface area contributed by atoms with E-state index in [1.807, 2.05) is 6.92 Å². The first kappa shape index (κ1) is 19.3. The Morgan fingerprint density at radius 1 is 1.33 bits per heavy atom. The molecule has 6 nitrogen and oxygen atoms in total. The number of hydrogen-bond acceptors (Lipinski definition) is 6. The van der Waals surface area contributed by atoms with Gasteiger partial charge in [-0.1, -0.05) is 28.4 Å². The third kappa shape index (κ3) is 4.52. The summed E-state index contributed by atoms with van der Waals surface area (Å²) in [6.45, 7) is 4.55. The summed E-state index contributed by atoms with van der Waals surface area (Å²) in [5.74, 6) is 1.65. The maximum Gasteiger partial charge on any atom is 0.267 e. The van der Waals surface area contributed by atoms with Gasteiger partial charge in [-0.2, -0.15) is 4.98 Å². The van der Waals surface area contributed by atoms with Crippen LogP contribution in [0.2, 0.25) is 10.0 Å². The third-order valence-corrected chi connectivity index (χ3v) is 4.20. The van der Waals surface area contributed by atoms with Crippen molar-refractivity contribution in [3.63, 3.8) is 0 Å². The van der Waals surface area contributed by atoms with E-state index in [9.17, 15) is 0 Å². The number of benzene rings is 1. The third-order valence-electron chi connectivity index (χ3n) is 3.76. The lowest BCUT2D eigenvalue weighted by Crippen LogP contribution is -2.44. The number of likely N-dealkylation sites (N-methyl/N-ethyl adjacent to an activating group) is 1. The minimum atomic E-state index is -0.396. The molecule has 0 saturated carbocycles.